The second-order valence-electron chi connectivity index (χ2n) is 7.06. The Morgan fingerprint density at radius 2 is 1.96 bits per heavy atom. The highest BCUT2D eigenvalue weighted by atomic mass is 32.1. The molecule has 0 radical (unpaired) electrons. The van der Waals surface area contributed by atoms with Gasteiger partial charge in [-0.25, -0.2) is 4.79 Å². The van der Waals surface area contributed by atoms with Crippen LogP contribution in [0.15, 0.2) is 0 Å². The van der Waals surface area contributed by atoms with Crippen molar-refractivity contribution in [3.8, 4) is 0 Å². The van der Waals surface area contributed by atoms with E-state index in [4.69, 9.17) is 4.74 Å². The predicted octanol–water partition coefficient (Wildman–Crippen LogP) is 1.67. The van der Waals surface area contributed by atoms with Gasteiger partial charge in [0, 0.05) is 4.88 Å². The minimum absolute atomic E-state index is 0.00306. The van der Waals surface area contributed by atoms with E-state index in [1.807, 2.05) is 0 Å². The normalized spacial score (nSPS) is 23.4. The summed E-state index contributed by atoms with van der Waals surface area (Å²) >= 11 is 1.55. The molecule has 0 unspecified atom stereocenters. The number of hydrogen-bond acceptors (Lipinski definition) is 4. The fraction of sp³-hybridized carbons (Fsp3) is 0.667. The molecule has 1 aromatic rings. The molecular formula is C18H27N2O3S+. The van der Waals surface area contributed by atoms with Gasteiger partial charge >= 0.3 is 5.97 Å². The highest BCUT2D eigenvalue weighted by molar-refractivity contribution is 7.17. The number of piperidine rings is 1. The van der Waals surface area contributed by atoms with Crippen LogP contribution in [0.5, 0.6) is 0 Å². The van der Waals surface area contributed by atoms with E-state index >= 15 is 0 Å². The molecule has 1 aromatic heterocycles. The summed E-state index contributed by atoms with van der Waals surface area (Å²) in [5.74, 6) is 0.443. The number of ether oxygens (including phenoxy) is 1. The summed E-state index contributed by atoms with van der Waals surface area (Å²) in [4.78, 5) is 27.2. The van der Waals surface area contributed by atoms with Crippen molar-refractivity contribution in [3.05, 3.63) is 16.0 Å². The lowest BCUT2D eigenvalue weighted by Gasteiger charge is -2.26. The first-order valence-corrected chi connectivity index (χ1v) is 9.76. The smallest absolute Gasteiger partial charge is 0.341 e. The van der Waals surface area contributed by atoms with Crippen LogP contribution in [0.2, 0.25) is 0 Å². The molecule has 0 saturated carbocycles. The lowest BCUT2D eigenvalue weighted by atomic mass is 9.95. The number of anilines is 1. The van der Waals surface area contributed by atoms with Gasteiger partial charge in [-0.2, -0.15) is 0 Å². The molecule has 0 spiro atoms. The summed E-state index contributed by atoms with van der Waals surface area (Å²) in [5.41, 5.74) is 1.68. The van der Waals surface area contributed by atoms with Crippen molar-refractivity contribution < 1.29 is 19.2 Å². The summed E-state index contributed by atoms with van der Waals surface area (Å²) in [6.07, 6.45) is 6.51. The number of aryl methyl sites for hydroxylation is 1. The summed E-state index contributed by atoms with van der Waals surface area (Å²) in [6, 6.07) is 0. The maximum Gasteiger partial charge on any atom is 0.341 e. The lowest BCUT2D eigenvalue weighted by Crippen LogP contribution is -3.14. The molecule has 132 valence electrons. The standard InChI is InChI=1S/C18H26N2O3S/c1-12-7-9-20(10-8-12)11-15(21)19-17-16(18(22)23-2)13-5-3-4-6-14(13)24-17/h12H,3-11H2,1-2H3,(H,19,21)/p+1. The molecule has 5 nitrogen and oxygen atoms in total. The van der Waals surface area contributed by atoms with Gasteiger partial charge in [0.05, 0.1) is 25.8 Å². The van der Waals surface area contributed by atoms with E-state index in [0.29, 0.717) is 17.1 Å². The third-order valence-electron chi connectivity index (χ3n) is 5.21. The third-order valence-corrected chi connectivity index (χ3v) is 6.41. The first-order chi connectivity index (χ1) is 11.6. The van der Waals surface area contributed by atoms with E-state index in [0.717, 1.165) is 50.3 Å². The molecule has 0 bridgehead atoms. The number of quaternary nitrogens is 1. The van der Waals surface area contributed by atoms with E-state index in [1.165, 1.54) is 29.7 Å². The van der Waals surface area contributed by atoms with Gasteiger partial charge in [-0.1, -0.05) is 6.92 Å². The topological polar surface area (TPSA) is 59.8 Å². The fourth-order valence-electron chi connectivity index (χ4n) is 3.72. The molecule has 2 N–H and O–H groups in total. The van der Waals surface area contributed by atoms with Gasteiger partial charge in [0.25, 0.3) is 5.91 Å². The molecule has 1 aliphatic carbocycles. The number of carbonyl (C=O) groups excluding carboxylic acids is 2. The minimum Gasteiger partial charge on any atom is -0.465 e. The first kappa shape index (κ1) is 17.4. The highest BCUT2D eigenvalue weighted by Crippen LogP contribution is 2.38. The molecule has 1 fully saturated rings. The van der Waals surface area contributed by atoms with Crippen molar-refractivity contribution in [1.29, 1.82) is 0 Å². The van der Waals surface area contributed by atoms with Crippen LogP contribution >= 0.6 is 11.3 Å². The average Bonchev–Trinajstić information content (AvgIpc) is 2.94. The molecule has 6 heteroatoms. The SMILES string of the molecule is COC(=O)c1c(NC(=O)C[NH+]2CCC(C)CC2)sc2c1CCCC2. The minimum atomic E-state index is -0.330. The van der Waals surface area contributed by atoms with Gasteiger partial charge in [0.1, 0.15) is 5.00 Å². The Morgan fingerprint density at radius 3 is 2.67 bits per heavy atom. The highest BCUT2D eigenvalue weighted by Gasteiger charge is 2.28. The summed E-state index contributed by atoms with van der Waals surface area (Å²) in [5, 5.41) is 3.68. The first-order valence-electron chi connectivity index (χ1n) is 8.94. The van der Waals surface area contributed by atoms with Crippen molar-refractivity contribution >= 4 is 28.2 Å². The monoisotopic (exact) mass is 351 g/mol. The number of esters is 1. The molecule has 0 aromatic carbocycles. The molecule has 1 saturated heterocycles. The van der Waals surface area contributed by atoms with Crippen molar-refractivity contribution in [2.24, 2.45) is 5.92 Å². The summed E-state index contributed by atoms with van der Waals surface area (Å²) in [6.45, 7) is 4.87. The van der Waals surface area contributed by atoms with Crippen LogP contribution in [0.3, 0.4) is 0 Å². The second-order valence-corrected chi connectivity index (χ2v) is 8.17. The lowest BCUT2D eigenvalue weighted by molar-refractivity contribution is -0.897. The Kier molecular flexibility index (Phi) is 5.56. The molecule has 1 amide bonds. The van der Waals surface area contributed by atoms with E-state index < -0.39 is 0 Å². The Morgan fingerprint density at radius 1 is 1.25 bits per heavy atom. The van der Waals surface area contributed by atoms with E-state index in [2.05, 4.69) is 12.2 Å². The summed E-state index contributed by atoms with van der Waals surface area (Å²) in [7, 11) is 1.40. The van der Waals surface area contributed by atoms with Gasteiger partial charge in [0.15, 0.2) is 6.54 Å². The van der Waals surface area contributed by atoms with Crippen LogP contribution in [0.4, 0.5) is 5.00 Å². The molecule has 1 aliphatic heterocycles. The maximum atomic E-state index is 12.5. The second kappa shape index (κ2) is 7.66. The van der Waals surface area contributed by atoms with Crippen molar-refractivity contribution in [2.75, 3.05) is 32.1 Å². The molecule has 3 rings (SSSR count). The number of likely N-dealkylation sites (tertiary alicyclic amines) is 1. The number of thiophene rings is 1. The number of amides is 1. The Hall–Kier alpha value is -1.40. The van der Waals surface area contributed by atoms with Crippen molar-refractivity contribution in [1.82, 2.24) is 0 Å². The van der Waals surface area contributed by atoms with Gasteiger partial charge in [-0.3, -0.25) is 4.79 Å². The fourth-order valence-corrected chi connectivity index (χ4v) is 5.01. The quantitative estimate of drug-likeness (QED) is 0.811. The van der Waals surface area contributed by atoms with Crippen LogP contribution in [0.25, 0.3) is 0 Å². The van der Waals surface area contributed by atoms with Crippen molar-refractivity contribution in [3.63, 3.8) is 0 Å². The number of carbonyl (C=O) groups is 2. The van der Waals surface area contributed by atoms with Gasteiger partial charge in [-0.15, -0.1) is 11.3 Å². The van der Waals surface area contributed by atoms with Crippen LogP contribution in [-0.2, 0) is 22.4 Å². The number of methoxy groups -OCH3 is 1. The van der Waals surface area contributed by atoms with Crippen molar-refractivity contribution in [2.45, 2.75) is 45.4 Å². The number of fused-ring (bicyclic) bond motifs is 1. The zero-order chi connectivity index (χ0) is 17.1. The van der Waals surface area contributed by atoms with Crippen LogP contribution in [0, 0.1) is 5.92 Å². The molecule has 2 heterocycles. The number of hydrogen-bond donors (Lipinski definition) is 2. The van der Waals surface area contributed by atoms with Gasteiger partial charge in [-0.05, 0) is 50.0 Å². The van der Waals surface area contributed by atoms with Gasteiger partial charge < -0.3 is 15.0 Å². The number of nitrogens with one attached hydrogen (secondary N) is 2. The summed E-state index contributed by atoms with van der Waals surface area (Å²) < 4.78 is 4.96. The molecule has 0 atom stereocenters. The van der Waals surface area contributed by atoms with E-state index in [9.17, 15) is 9.59 Å². The van der Waals surface area contributed by atoms with Crippen LogP contribution in [-0.4, -0.2) is 38.6 Å². The molecule has 2 aliphatic rings. The van der Waals surface area contributed by atoms with Gasteiger partial charge in [0.2, 0.25) is 0 Å². The Balaban J connectivity index is 1.71. The zero-order valence-electron chi connectivity index (χ0n) is 14.6. The number of rotatable bonds is 4. The average molecular weight is 351 g/mol. The van der Waals surface area contributed by atoms with Crippen LogP contribution < -0.4 is 10.2 Å². The Labute approximate surface area is 147 Å². The van der Waals surface area contributed by atoms with E-state index in [-0.39, 0.29) is 11.9 Å². The molecular weight excluding hydrogens is 324 g/mol. The zero-order valence-corrected chi connectivity index (χ0v) is 15.4. The molecule has 24 heavy (non-hydrogen) atoms. The third kappa shape index (κ3) is 3.81. The predicted molar refractivity (Wildman–Crippen MR) is 94.9 cm³/mol. The van der Waals surface area contributed by atoms with E-state index in [1.54, 1.807) is 11.3 Å². The van der Waals surface area contributed by atoms with Crippen LogP contribution in [0.1, 0.15) is 53.4 Å². The Bertz CT molecular complexity index is 618. The maximum absolute atomic E-state index is 12.5. The largest absolute Gasteiger partial charge is 0.465 e.